The number of nitrogens with one attached hydrogen (secondary N) is 1. The highest BCUT2D eigenvalue weighted by molar-refractivity contribution is 7.89. The summed E-state index contributed by atoms with van der Waals surface area (Å²) in [5.41, 5.74) is 2.81. The summed E-state index contributed by atoms with van der Waals surface area (Å²) in [4.78, 5) is 19.0. The van der Waals surface area contributed by atoms with Crippen molar-refractivity contribution in [2.75, 3.05) is 38.3 Å². The minimum Gasteiger partial charge on any atom is -0.361 e. The molecule has 0 spiro atoms. The van der Waals surface area contributed by atoms with E-state index in [1.807, 2.05) is 26.1 Å². The largest absolute Gasteiger partial charge is 0.361 e. The Morgan fingerprint density at radius 3 is 2.76 bits per heavy atom. The molecule has 11 heteroatoms. The van der Waals surface area contributed by atoms with Crippen molar-refractivity contribution < 1.29 is 17.7 Å². The summed E-state index contributed by atoms with van der Waals surface area (Å²) >= 11 is 0. The van der Waals surface area contributed by atoms with E-state index in [4.69, 9.17) is 9.66 Å². The van der Waals surface area contributed by atoms with Gasteiger partial charge in [-0.25, -0.2) is 18.4 Å². The second-order valence-electron chi connectivity index (χ2n) is 9.35. The van der Waals surface area contributed by atoms with Crippen LogP contribution in [-0.4, -0.2) is 68.8 Å². The highest BCUT2D eigenvalue weighted by Gasteiger charge is 2.26. The van der Waals surface area contributed by atoms with E-state index in [1.165, 1.54) is 0 Å². The summed E-state index contributed by atoms with van der Waals surface area (Å²) in [6.45, 7) is 5.15. The number of carbonyl (C=O) groups excluding carboxylic acids is 1. The lowest BCUT2D eigenvalue weighted by molar-refractivity contribution is 0.188. The lowest BCUT2D eigenvalue weighted by Crippen LogP contribution is -2.43. The molecular formula is C23H34N6O4S. The molecule has 2 heterocycles. The average Bonchev–Trinajstić information content (AvgIpc) is 3.50. The molecule has 1 aromatic carbocycles. The minimum atomic E-state index is -3.74. The molecule has 0 radical (unpaired) electrons. The maximum Gasteiger partial charge on any atom is 0.317 e. The summed E-state index contributed by atoms with van der Waals surface area (Å²) < 4.78 is 28.8. The molecule has 186 valence electrons. The number of aryl methyl sites for hydroxylation is 2. The van der Waals surface area contributed by atoms with Crippen molar-refractivity contribution in [3.05, 3.63) is 41.3 Å². The molecule has 1 aliphatic heterocycles. The zero-order chi connectivity index (χ0) is 24.3. The van der Waals surface area contributed by atoms with Crippen molar-refractivity contribution in [3.8, 4) is 0 Å². The second kappa shape index (κ2) is 10.3. The predicted molar refractivity (Wildman–Crippen MR) is 129 cm³/mol. The second-order valence-corrected chi connectivity index (χ2v) is 10.9. The zero-order valence-corrected chi connectivity index (χ0v) is 20.7. The van der Waals surface area contributed by atoms with Gasteiger partial charge in [0.1, 0.15) is 11.5 Å². The first-order valence-corrected chi connectivity index (χ1v) is 13.3. The number of aromatic nitrogens is 1. The number of benzene rings is 1. The van der Waals surface area contributed by atoms with Gasteiger partial charge in [-0.2, -0.15) is 0 Å². The van der Waals surface area contributed by atoms with E-state index in [0.29, 0.717) is 19.8 Å². The fraction of sp³-hybridized carbons (Fsp3) is 0.565. The molecule has 1 saturated carbocycles. The van der Waals surface area contributed by atoms with Crippen LogP contribution in [-0.2, 0) is 23.0 Å². The van der Waals surface area contributed by atoms with Crippen LogP contribution in [0.2, 0.25) is 0 Å². The molecule has 3 N–H and O–H groups in total. The van der Waals surface area contributed by atoms with Crippen LogP contribution in [0.5, 0.6) is 0 Å². The van der Waals surface area contributed by atoms with Gasteiger partial charge in [-0.1, -0.05) is 11.2 Å². The number of anilines is 1. The van der Waals surface area contributed by atoms with Crippen LogP contribution < -0.4 is 15.4 Å². The quantitative estimate of drug-likeness (QED) is 0.522. The fourth-order valence-electron chi connectivity index (χ4n) is 4.28. The van der Waals surface area contributed by atoms with Crippen molar-refractivity contribution in [2.45, 2.75) is 56.5 Å². The monoisotopic (exact) mass is 490 g/mol. The van der Waals surface area contributed by atoms with E-state index in [2.05, 4.69) is 20.3 Å². The highest BCUT2D eigenvalue weighted by atomic mass is 32.2. The molecule has 2 amide bonds. The molecule has 2 aromatic rings. The molecule has 10 nitrogen and oxygen atoms in total. The van der Waals surface area contributed by atoms with Gasteiger partial charge in [0.2, 0.25) is 10.0 Å². The lowest BCUT2D eigenvalue weighted by atomic mass is 10.0. The number of carbonyl (C=O) groups is 1. The summed E-state index contributed by atoms with van der Waals surface area (Å²) in [7, 11) is -1.71. The van der Waals surface area contributed by atoms with Crippen LogP contribution in [0, 0.1) is 6.92 Å². The Labute approximate surface area is 201 Å². The third kappa shape index (κ3) is 6.49. The minimum absolute atomic E-state index is 0.0636. The van der Waals surface area contributed by atoms with E-state index in [-0.39, 0.29) is 17.0 Å². The third-order valence-corrected chi connectivity index (χ3v) is 7.11. The zero-order valence-electron chi connectivity index (χ0n) is 19.9. The Hall–Kier alpha value is -2.63. The number of amides is 2. The van der Waals surface area contributed by atoms with Crippen LogP contribution >= 0.6 is 0 Å². The van der Waals surface area contributed by atoms with Crippen molar-refractivity contribution in [1.82, 2.24) is 20.3 Å². The van der Waals surface area contributed by atoms with Crippen molar-refractivity contribution in [3.63, 3.8) is 0 Å². The van der Waals surface area contributed by atoms with Crippen molar-refractivity contribution >= 4 is 21.7 Å². The van der Waals surface area contributed by atoms with Gasteiger partial charge in [0.25, 0.3) is 0 Å². The van der Waals surface area contributed by atoms with Crippen molar-refractivity contribution in [2.24, 2.45) is 5.14 Å². The van der Waals surface area contributed by atoms with Gasteiger partial charge in [-0.05, 0) is 63.8 Å². The number of urea groups is 1. The first-order valence-electron chi connectivity index (χ1n) is 11.8. The summed E-state index contributed by atoms with van der Waals surface area (Å²) in [6, 6.07) is 7.21. The first-order chi connectivity index (χ1) is 16.2. The number of nitrogens with two attached hydrogens (primary N) is 1. The number of hydrogen-bond acceptors (Lipinski definition) is 7. The number of nitrogens with zero attached hydrogens (tertiary/aromatic N) is 4. The van der Waals surface area contributed by atoms with Crippen LogP contribution in [0.4, 0.5) is 10.5 Å². The molecule has 1 aromatic heterocycles. The van der Waals surface area contributed by atoms with E-state index in [1.54, 1.807) is 17.0 Å². The smallest absolute Gasteiger partial charge is 0.317 e. The van der Waals surface area contributed by atoms with Crippen LogP contribution in [0.3, 0.4) is 0 Å². The Balaban J connectivity index is 1.33. The Morgan fingerprint density at radius 1 is 1.29 bits per heavy atom. The van der Waals surface area contributed by atoms with Gasteiger partial charge >= 0.3 is 6.03 Å². The molecule has 0 unspecified atom stereocenters. The standard InChI is InChI=1S/C23H34N6O4S/c1-17-13-20(26-33-17)15-28(23(30)25-19-7-8-19)12-4-10-27(2)16-29-11-3-5-18-6-9-21(14-22(18)29)34(24,31)32/h6,9,13-14,19H,3-5,7-8,10-12,15-16H2,1-2H3,(H,25,30)(H2,24,31,32). The third-order valence-electron chi connectivity index (χ3n) is 6.20. The maximum atomic E-state index is 12.7. The highest BCUT2D eigenvalue weighted by Crippen LogP contribution is 2.29. The predicted octanol–water partition coefficient (Wildman–Crippen LogP) is 2.04. The molecule has 0 saturated heterocycles. The van der Waals surface area contributed by atoms with Gasteiger partial charge in [-0.3, -0.25) is 4.90 Å². The number of fused-ring (bicyclic) bond motifs is 1. The summed E-state index contributed by atoms with van der Waals surface area (Å²) in [5.74, 6) is 0.727. The number of primary sulfonamides is 1. The van der Waals surface area contributed by atoms with Crippen LogP contribution in [0.1, 0.15) is 42.7 Å². The Bertz CT molecular complexity index is 1110. The molecule has 34 heavy (non-hydrogen) atoms. The number of sulfonamides is 1. The summed E-state index contributed by atoms with van der Waals surface area (Å²) in [5, 5.41) is 12.4. The van der Waals surface area contributed by atoms with E-state index in [9.17, 15) is 13.2 Å². The molecule has 1 fully saturated rings. The van der Waals surface area contributed by atoms with Crippen LogP contribution in [0.25, 0.3) is 0 Å². The number of rotatable bonds is 10. The van der Waals surface area contributed by atoms with Gasteiger partial charge in [-0.15, -0.1) is 0 Å². The average molecular weight is 491 g/mol. The molecular weight excluding hydrogens is 456 g/mol. The van der Waals surface area contributed by atoms with Gasteiger partial charge in [0, 0.05) is 37.4 Å². The van der Waals surface area contributed by atoms with Crippen molar-refractivity contribution in [1.29, 1.82) is 0 Å². The first kappa shape index (κ1) is 24.5. The SMILES string of the molecule is Cc1cc(CN(CCCN(C)CN2CCCc3ccc(S(N)(=O)=O)cc32)C(=O)NC2CC2)no1. The summed E-state index contributed by atoms with van der Waals surface area (Å²) in [6.07, 6.45) is 4.81. The normalized spacial score (nSPS) is 15.9. The Morgan fingerprint density at radius 2 is 2.09 bits per heavy atom. The fourth-order valence-corrected chi connectivity index (χ4v) is 4.82. The van der Waals surface area contributed by atoms with E-state index >= 15 is 0 Å². The number of hydrogen-bond donors (Lipinski definition) is 2. The Kier molecular flexibility index (Phi) is 7.44. The van der Waals surface area contributed by atoms with Crippen LogP contribution in [0.15, 0.2) is 33.7 Å². The molecule has 0 bridgehead atoms. The van der Waals surface area contributed by atoms with E-state index in [0.717, 1.165) is 67.9 Å². The topological polar surface area (TPSA) is 125 Å². The lowest BCUT2D eigenvalue weighted by Gasteiger charge is -2.35. The van der Waals surface area contributed by atoms with E-state index < -0.39 is 10.0 Å². The molecule has 0 atom stereocenters. The maximum absolute atomic E-state index is 12.7. The van der Waals surface area contributed by atoms with Gasteiger partial charge < -0.3 is 19.6 Å². The molecule has 2 aliphatic rings. The van der Waals surface area contributed by atoms with Gasteiger partial charge in [0.15, 0.2) is 0 Å². The molecule has 4 rings (SSSR count). The van der Waals surface area contributed by atoms with Gasteiger partial charge in [0.05, 0.1) is 18.1 Å². The molecule has 1 aliphatic carbocycles.